The molecule has 0 aromatic heterocycles. The van der Waals surface area contributed by atoms with Crippen molar-refractivity contribution >= 4 is 59.0 Å². The van der Waals surface area contributed by atoms with E-state index in [1.54, 1.807) is 54.6 Å². The third kappa shape index (κ3) is 14.4. The Labute approximate surface area is 561 Å². The summed E-state index contributed by atoms with van der Waals surface area (Å²) in [5.74, 6) is -9.19. The highest BCUT2D eigenvalue weighted by Gasteiger charge is 2.79. The fraction of sp³-hybridized carbons (Fsp3) is 0.485. The summed E-state index contributed by atoms with van der Waals surface area (Å²) in [6, 6.07) is 27.7. The number of hydrazone groups is 1. The van der Waals surface area contributed by atoms with Gasteiger partial charge in [0.2, 0.25) is 0 Å². The van der Waals surface area contributed by atoms with Gasteiger partial charge < -0.3 is 94.3 Å². The van der Waals surface area contributed by atoms with E-state index in [2.05, 4.69) is 15.7 Å². The number of aliphatic hydroxyl groups excluding tert-OH is 9. The van der Waals surface area contributed by atoms with Crippen LogP contribution >= 0.6 is 0 Å². The number of hydrogen-bond donors (Lipinski definition) is 13. The fourth-order valence-corrected chi connectivity index (χ4v) is 13.8. The normalized spacial score (nSPS) is 30.6. The number of aliphatic hydroxyl groups is 10. The van der Waals surface area contributed by atoms with Crippen molar-refractivity contribution in [2.45, 2.75) is 170 Å². The van der Waals surface area contributed by atoms with E-state index in [1.807, 2.05) is 5.43 Å². The highest BCUT2D eigenvalue weighted by Crippen LogP contribution is 2.65. The second kappa shape index (κ2) is 29.9. The minimum absolute atomic E-state index is 0.0407. The lowest BCUT2D eigenvalue weighted by atomic mass is 9.44. The number of hydrogen-bond acceptors (Lipinski definition) is 27. The van der Waals surface area contributed by atoms with E-state index in [0.29, 0.717) is 0 Å². The van der Waals surface area contributed by atoms with Crippen LogP contribution < -0.4 is 16.1 Å². The van der Waals surface area contributed by atoms with Crippen LogP contribution in [0.1, 0.15) is 99.2 Å². The Morgan fingerprint density at radius 3 is 1.91 bits per heavy atom. The number of ether oxygens (including phenoxy) is 8. The molecule has 4 aromatic carbocycles. The lowest BCUT2D eigenvalue weighted by molar-refractivity contribution is -0.345. The fourth-order valence-electron chi connectivity index (χ4n) is 13.8. The van der Waals surface area contributed by atoms with E-state index in [0.717, 1.165) is 13.8 Å². The van der Waals surface area contributed by atoms with Gasteiger partial charge in [0.15, 0.2) is 36.0 Å². The molecule has 3 aliphatic carbocycles. The third-order valence-electron chi connectivity index (χ3n) is 19.2. The molecule has 1 unspecified atom stereocenters. The number of carbonyl (C=O) groups is 8. The zero-order valence-electron chi connectivity index (χ0n) is 54.3. The maximum Gasteiger partial charge on any atom is 0.411 e. The first kappa shape index (κ1) is 73.8. The molecule has 9 rings (SSSR count). The second-order valence-electron chi connectivity index (χ2n) is 25.6. The number of amides is 3. The van der Waals surface area contributed by atoms with Crippen LogP contribution in [0.4, 0.5) is 10.5 Å². The quantitative estimate of drug-likeness (QED) is 0.0163. The Kier molecular flexibility index (Phi) is 22.5. The van der Waals surface area contributed by atoms with Gasteiger partial charge in [0.1, 0.15) is 72.7 Å². The molecule has 2 aliphatic heterocycles. The molecule has 13 N–H and O–H groups in total. The molecule has 30 heteroatoms. The van der Waals surface area contributed by atoms with Gasteiger partial charge in [-0.15, -0.1) is 0 Å². The van der Waals surface area contributed by atoms with Gasteiger partial charge in [-0.1, -0.05) is 92.7 Å². The van der Waals surface area contributed by atoms with Crippen molar-refractivity contribution in [3.63, 3.8) is 0 Å². The largest absolute Gasteiger partial charge is 0.456 e. The van der Waals surface area contributed by atoms with Crippen LogP contribution in [0.25, 0.3) is 0 Å². The van der Waals surface area contributed by atoms with E-state index in [4.69, 9.17) is 37.9 Å². The molecular formula is C68H80N4O26. The third-order valence-corrected chi connectivity index (χ3v) is 19.2. The highest BCUT2D eigenvalue weighted by atomic mass is 16.7. The molecule has 98 heavy (non-hydrogen) atoms. The van der Waals surface area contributed by atoms with Crippen molar-refractivity contribution < 1.29 is 127 Å². The number of benzene rings is 4. The van der Waals surface area contributed by atoms with Crippen LogP contribution in [-0.2, 0) is 61.9 Å². The molecule has 20 atom stereocenters. The minimum atomic E-state index is -2.61. The van der Waals surface area contributed by atoms with Gasteiger partial charge >= 0.3 is 30.0 Å². The van der Waals surface area contributed by atoms with Crippen molar-refractivity contribution in [3.8, 4) is 0 Å². The predicted octanol–water partition coefficient (Wildman–Crippen LogP) is 0.0924. The van der Waals surface area contributed by atoms with Crippen LogP contribution in [-0.4, -0.2) is 227 Å². The van der Waals surface area contributed by atoms with E-state index in [-0.39, 0.29) is 44.8 Å². The number of carbonyl (C=O) groups excluding carboxylic acids is 8. The number of nitrogens with zero attached hydrogens (tertiary/aromatic N) is 1. The number of fused-ring (bicyclic) bond motifs is 5. The van der Waals surface area contributed by atoms with E-state index in [1.165, 1.54) is 95.3 Å². The molecule has 2 saturated carbocycles. The van der Waals surface area contributed by atoms with Gasteiger partial charge in [-0.05, 0) is 79.4 Å². The number of rotatable bonds is 22. The summed E-state index contributed by atoms with van der Waals surface area (Å²) in [5.41, 5.74) is -6.06. The molecule has 4 fully saturated rings. The van der Waals surface area contributed by atoms with Gasteiger partial charge in [0.25, 0.3) is 11.8 Å². The molecule has 30 nitrogen and oxygen atoms in total. The van der Waals surface area contributed by atoms with E-state index >= 15 is 4.79 Å². The van der Waals surface area contributed by atoms with Gasteiger partial charge in [0.05, 0.1) is 48.5 Å². The van der Waals surface area contributed by atoms with Crippen LogP contribution in [0.15, 0.2) is 132 Å². The summed E-state index contributed by atoms with van der Waals surface area (Å²) in [5, 5.41) is 118. The summed E-state index contributed by atoms with van der Waals surface area (Å²) in [6.45, 7) is 6.79. The van der Waals surface area contributed by atoms with Crippen molar-refractivity contribution in [1.29, 1.82) is 0 Å². The van der Waals surface area contributed by atoms with Crippen LogP contribution in [0.2, 0.25) is 0 Å². The molecule has 528 valence electrons. The average molecular weight is 1370 g/mol. The average Bonchev–Trinajstić information content (AvgIpc) is 0.668. The molecule has 3 amide bonds. The first-order chi connectivity index (χ1) is 46.3. The Hall–Kier alpha value is -8.47. The molecule has 4 aromatic rings. The summed E-state index contributed by atoms with van der Waals surface area (Å²) in [6.07, 6.45) is -31.4. The summed E-state index contributed by atoms with van der Waals surface area (Å²) in [4.78, 5) is 115. The first-order valence-electron chi connectivity index (χ1n) is 31.4. The Balaban J connectivity index is 1.03. The topological polar surface area (TPSA) is 461 Å². The zero-order valence-corrected chi connectivity index (χ0v) is 54.3. The van der Waals surface area contributed by atoms with Crippen molar-refractivity contribution in [1.82, 2.24) is 10.7 Å². The lowest BCUT2D eigenvalue weighted by Crippen LogP contribution is -2.82. The molecule has 0 spiro atoms. The molecule has 2 saturated heterocycles. The van der Waals surface area contributed by atoms with Crippen LogP contribution in [0.3, 0.4) is 0 Å². The van der Waals surface area contributed by atoms with E-state index < -0.39 is 206 Å². The van der Waals surface area contributed by atoms with Crippen molar-refractivity contribution in [2.24, 2.45) is 21.8 Å². The first-order valence-corrected chi connectivity index (χ1v) is 31.4. The van der Waals surface area contributed by atoms with E-state index in [9.17, 15) is 84.6 Å². The van der Waals surface area contributed by atoms with Gasteiger partial charge in [-0.25, -0.2) is 19.8 Å². The molecule has 0 radical (unpaired) electrons. The summed E-state index contributed by atoms with van der Waals surface area (Å²) in [7, 11) is 0. The van der Waals surface area contributed by atoms with Crippen LogP contribution in [0, 0.1) is 16.7 Å². The standard InChI is InChI=1S/C68H80N4O26/c1-32-42(93-62(88)49(79)47(37-17-11-8-12-18-37)70-59(85)38-19-13-9-14-20-38)28-68(90)58(97-61(87)39-21-15-10-16-22-39)56-66(7,57(84)55(92-34(3)75)46(32)65(68,5)6)44(27-45-67(56,31-91-45)98-35(4)76)95-64(89)69-40-25-23-36(24-26-40)33(2)71-72-60(86)52(82)51(81)54(41(77)29-73)96-63-53(83)50(80)48(78)43(30-74)94-63/h8-26,41-45,47-56,58,63,73-74,77-83,90H,27-31H2,1-7H3,(H,69,89)(H,70,85)(H,72,86)/b71-33+/t41-,42+,43-,44+,45-,47+,48+,49-,50+,51+,52-,53-,54-,55-,56+,58+,63?,66-,67+,68-/m1/s1. The molecule has 2 heterocycles. The minimum Gasteiger partial charge on any atom is -0.456 e. The highest BCUT2D eigenvalue weighted by molar-refractivity contribution is 6.00. The van der Waals surface area contributed by atoms with Crippen molar-refractivity contribution in [2.75, 3.05) is 25.1 Å². The van der Waals surface area contributed by atoms with Gasteiger partial charge in [-0.3, -0.25) is 29.3 Å². The summed E-state index contributed by atoms with van der Waals surface area (Å²) >= 11 is 0. The maximum absolute atomic E-state index is 16.5. The zero-order chi connectivity index (χ0) is 71.5. The lowest BCUT2D eigenvalue weighted by Gasteiger charge is -2.67. The number of nitrogens with one attached hydrogen (secondary N) is 3. The Bertz CT molecular complexity index is 3650. The molecule has 2 bridgehead atoms. The molecule has 5 aliphatic rings. The van der Waals surface area contributed by atoms with Crippen molar-refractivity contribution in [3.05, 3.63) is 149 Å². The number of anilines is 1. The Morgan fingerprint density at radius 1 is 0.724 bits per heavy atom. The van der Waals surface area contributed by atoms with Gasteiger partial charge in [-0.2, -0.15) is 5.10 Å². The number of Topliss-reactive ketones (excluding diaryl/α,β-unsaturated/α-hetero) is 1. The second-order valence-corrected chi connectivity index (χ2v) is 25.6. The number of ketones is 1. The predicted molar refractivity (Wildman–Crippen MR) is 336 cm³/mol. The molecular weight excluding hydrogens is 1290 g/mol. The van der Waals surface area contributed by atoms with Crippen LogP contribution in [0.5, 0.6) is 0 Å². The maximum atomic E-state index is 16.5. The smallest absolute Gasteiger partial charge is 0.411 e. The monoisotopic (exact) mass is 1370 g/mol. The Morgan fingerprint density at radius 2 is 1.34 bits per heavy atom. The SMILES string of the molecule is CC(=O)O[C@H]1C(=O)[C@]2(C)[C@@H](OC(=O)Nc3ccc(/C(C)=N/NC(=O)[C@H](O)[C@H](O)[C@H](OC4O[C@H](CO)[C@H](O)[C@H](O)[C@H]4O)[C@H](O)CO)cc3)C[C@H]3OC[C@@]3(OC(C)=O)[C@H]2[C@H](OC(=O)c2ccccc2)[C@]2(O)C[C@H](OC(=O)[C@H](O)[C@@H](NC(=O)c3ccccc3)c3ccccc3)C(C)=C1C2(C)C. The summed E-state index contributed by atoms with van der Waals surface area (Å²) < 4.78 is 48.1. The van der Waals surface area contributed by atoms with Gasteiger partial charge in [0, 0.05) is 43.4 Å². The number of esters is 4.